The molecule has 2 rings (SSSR count). The molecule has 0 bridgehead atoms. The van der Waals surface area contributed by atoms with Crippen molar-refractivity contribution in [2.75, 3.05) is 0 Å². The zero-order chi connectivity index (χ0) is 23.7. The fourth-order valence-corrected chi connectivity index (χ4v) is 3.63. The van der Waals surface area contributed by atoms with E-state index in [4.69, 9.17) is 5.73 Å². The van der Waals surface area contributed by atoms with Crippen molar-refractivity contribution in [2.24, 2.45) is 17.6 Å². The van der Waals surface area contributed by atoms with E-state index in [9.17, 15) is 14.7 Å². The second-order valence-corrected chi connectivity index (χ2v) is 9.15. The summed E-state index contributed by atoms with van der Waals surface area (Å²) in [4.78, 5) is 32.9. The largest absolute Gasteiger partial charge is 0.383 e. The van der Waals surface area contributed by atoms with Crippen LogP contribution < -0.4 is 16.4 Å². The minimum atomic E-state index is -0.980. The highest BCUT2D eigenvalue weighted by atomic mass is 16.3. The molecule has 8 nitrogen and oxygen atoms in total. The number of carbonyl (C=O) groups excluding carboxylic acids is 2. The first-order valence-electron chi connectivity index (χ1n) is 11.2. The predicted octanol–water partition coefficient (Wildman–Crippen LogP) is 2.07. The number of rotatable bonds is 12. The molecule has 4 atom stereocenters. The highest BCUT2D eigenvalue weighted by molar-refractivity contribution is 5.90. The Hall–Kier alpha value is -2.71. The van der Waals surface area contributed by atoms with Gasteiger partial charge in [0, 0.05) is 12.4 Å². The molecular formula is C24H37N5O3. The number of benzene rings is 1. The summed E-state index contributed by atoms with van der Waals surface area (Å²) in [6.45, 7) is 8.01. The van der Waals surface area contributed by atoms with E-state index in [1.165, 1.54) is 0 Å². The quantitative estimate of drug-likeness (QED) is 0.342. The molecule has 8 heteroatoms. The lowest BCUT2D eigenvalue weighted by atomic mass is 9.97. The predicted molar refractivity (Wildman–Crippen MR) is 124 cm³/mol. The van der Waals surface area contributed by atoms with Gasteiger partial charge in [-0.3, -0.25) is 9.59 Å². The van der Waals surface area contributed by atoms with Gasteiger partial charge < -0.3 is 26.5 Å². The first kappa shape index (κ1) is 25.5. The third-order valence-electron chi connectivity index (χ3n) is 5.21. The van der Waals surface area contributed by atoms with Crippen LogP contribution in [-0.4, -0.2) is 45.0 Å². The Kier molecular flexibility index (Phi) is 9.87. The molecule has 0 radical (unpaired) electrons. The van der Waals surface area contributed by atoms with Crippen LogP contribution in [0.3, 0.4) is 0 Å². The van der Waals surface area contributed by atoms with E-state index in [0.29, 0.717) is 25.1 Å². The van der Waals surface area contributed by atoms with Crippen molar-refractivity contribution in [3.05, 3.63) is 54.1 Å². The Morgan fingerprint density at radius 1 is 1.03 bits per heavy atom. The van der Waals surface area contributed by atoms with Crippen LogP contribution in [0.1, 0.15) is 58.0 Å². The van der Waals surface area contributed by atoms with Crippen LogP contribution in [0.2, 0.25) is 0 Å². The van der Waals surface area contributed by atoms with E-state index in [1.807, 2.05) is 58.0 Å². The van der Waals surface area contributed by atoms with Gasteiger partial charge in [0.1, 0.15) is 18.0 Å². The van der Waals surface area contributed by atoms with Crippen LogP contribution in [-0.2, 0) is 16.0 Å². The van der Waals surface area contributed by atoms with Crippen LogP contribution in [0.4, 0.5) is 0 Å². The number of nitrogens with two attached hydrogens (primary N) is 1. The Labute approximate surface area is 190 Å². The highest BCUT2D eigenvalue weighted by Crippen LogP contribution is 2.19. The highest BCUT2D eigenvalue weighted by Gasteiger charge is 2.30. The lowest BCUT2D eigenvalue weighted by Gasteiger charge is -2.28. The second-order valence-electron chi connectivity index (χ2n) is 9.15. The maximum atomic E-state index is 13.2. The summed E-state index contributed by atoms with van der Waals surface area (Å²) in [6.07, 6.45) is 3.61. The number of hydrogen-bond acceptors (Lipinski definition) is 5. The van der Waals surface area contributed by atoms with E-state index in [2.05, 4.69) is 20.6 Å². The summed E-state index contributed by atoms with van der Waals surface area (Å²) in [7, 11) is 0. The molecule has 0 spiro atoms. The average molecular weight is 444 g/mol. The lowest BCUT2D eigenvalue weighted by molar-refractivity contribution is -0.131. The number of imidazole rings is 1. The average Bonchev–Trinajstić information content (AvgIpc) is 3.27. The van der Waals surface area contributed by atoms with Crippen LogP contribution in [0, 0.1) is 11.8 Å². The number of H-pyrrole nitrogens is 1. The summed E-state index contributed by atoms with van der Waals surface area (Å²) >= 11 is 0. The molecule has 6 N–H and O–H groups in total. The molecule has 0 saturated carbocycles. The van der Waals surface area contributed by atoms with Crippen molar-refractivity contribution < 1.29 is 14.7 Å². The molecule has 0 fully saturated rings. The van der Waals surface area contributed by atoms with Gasteiger partial charge in [0.2, 0.25) is 11.8 Å². The standard InChI is InChI=1S/C24H37N5O3/c1-15(2)12-19(21(30)22-26-10-11-27-22)28-24(32)20(13-16(3)4)29-23(31)18(25)14-17-8-6-5-7-9-17/h5-11,15-16,18-21,30H,12-14,25H2,1-4H3,(H,26,27)(H,28,32)(H,29,31)/t18-,19-,20-,21+/m0/s1. The van der Waals surface area contributed by atoms with E-state index < -0.39 is 24.2 Å². The normalized spacial score (nSPS) is 15.2. The number of nitrogens with zero attached hydrogens (tertiary/aromatic N) is 1. The van der Waals surface area contributed by atoms with Crippen molar-refractivity contribution in [1.29, 1.82) is 0 Å². The monoisotopic (exact) mass is 443 g/mol. The fourth-order valence-electron chi connectivity index (χ4n) is 3.63. The molecule has 2 aromatic rings. The minimum absolute atomic E-state index is 0.176. The molecular weight excluding hydrogens is 406 g/mol. The molecule has 176 valence electrons. The third kappa shape index (κ3) is 8.09. The number of aliphatic hydroxyl groups is 1. The van der Waals surface area contributed by atoms with Crippen LogP contribution in [0.15, 0.2) is 42.7 Å². The first-order chi connectivity index (χ1) is 15.2. The number of aromatic amines is 1. The van der Waals surface area contributed by atoms with E-state index in [1.54, 1.807) is 12.4 Å². The van der Waals surface area contributed by atoms with Gasteiger partial charge in [-0.25, -0.2) is 4.98 Å². The Morgan fingerprint density at radius 2 is 1.69 bits per heavy atom. The SMILES string of the molecule is CC(C)C[C@H](NC(=O)[C@@H](N)Cc1ccccc1)C(=O)N[C@@H](CC(C)C)[C@@H](O)c1ncc[nH]1. The van der Waals surface area contributed by atoms with Gasteiger partial charge in [-0.15, -0.1) is 0 Å². The minimum Gasteiger partial charge on any atom is -0.383 e. The molecule has 1 aromatic carbocycles. The summed E-state index contributed by atoms with van der Waals surface area (Å²) in [5.74, 6) is 0.0967. The molecule has 0 aliphatic carbocycles. The molecule has 0 saturated heterocycles. The number of nitrogens with one attached hydrogen (secondary N) is 3. The Bertz CT molecular complexity index is 823. The van der Waals surface area contributed by atoms with Gasteiger partial charge in [-0.2, -0.15) is 0 Å². The zero-order valence-corrected chi connectivity index (χ0v) is 19.4. The van der Waals surface area contributed by atoms with Crippen molar-refractivity contribution in [3.63, 3.8) is 0 Å². The van der Waals surface area contributed by atoms with Gasteiger partial charge in [0.15, 0.2) is 0 Å². The van der Waals surface area contributed by atoms with Crippen molar-refractivity contribution in [1.82, 2.24) is 20.6 Å². The lowest BCUT2D eigenvalue weighted by Crippen LogP contribution is -2.55. The van der Waals surface area contributed by atoms with Crippen LogP contribution in [0.5, 0.6) is 0 Å². The molecule has 1 heterocycles. The van der Waals surface area contributed by atoms with E-state index in [-0.39, 0.29) is 23.7 Å². The van der Waals surface area contributed by atoms with E-state index in [0.717, 1.165) is 5.56 Å². The summed E-state index contributed by atoms with van der Waals surface area (Å²) in [6, 6.07) is 7.47. The van der Waals surface area contributed by atoms with Gasteiger partial charge >= 0.3 is 0 Å². The number of aliphatic hydroxyl groups excluding tert-OH is 1. The van der Waals surface area contributed by atoms with Crippen molar-refractivity contribution in [3.8, 4) is 0 Å². The molecule has 1 aromatic heterocycles. The number of hydrogen-bond donors (Lipinski definition) is 5. The summed E-state index contributed by atoms with van der Waals surface area (Å²) < 4.78 is 0. The number of aromatic nitrogens is 2. The Balaban J connectivity index is 2.08. The fraction of sp³-hybridized carbons (Fsp3) is 0.542. The number of amides is 2. The zero-order valence-electron chi connectivity index (χ0n) is 19.4. The Morgan fingerprint density at radius 3 is 2.25 bits per heavy atom. The van der Waals surface area contributed by atoms with E-state index >= 15 is 0 Å². The number of carbonyl (C=O) groups is 2. The molecule has 32 heavy (non-hydrogen) atoms. The van der Waals surface area contributed by atoms with Crippen LogP contribution >= 0.6 is 0 Å². The second kappa shape index (κ2) is 12.4. The first-order valence-corrected chi connectivity index (χ1v) is 11.2. The molecule has 0 aliphatic heterocycles. The van der Waals surface area contributed by atoms with Crippen molar-refractivity contribution in [2.45, 2.75) is 71.2 Å². The summed E-state index contributed by atoms with van der Waals surface area (Å²) in [5, 5.41) is 16.5. The van der Waals surface area contributed by atoms with Gasteiger partial charge in [0.25, 0.3) is 0 Å². The molecule has 0 aliphatic rings. The maximum Gasteiger partial charge on any atom is 0.242 e. The van der Waals surface area contributed by atoms with Crippen LogP contribution in [0.25, 0.3) is 0 Å². The molecule has 2 amide bonds. The topological polar surface area (TPSA) is 133 Å². The van der Waals surface area contributed by atoms with Gasteiger partial charge in [-0.1, -0.05) is 58.0 Å². The molecule has 0 unspecified atom stereocenters. The summed E-state index contributed by atoms with van der Waals surface area (Å²) in [5.41, 5.74) is 7.07. The maximum absolute atomic E-state index is 13.2. The third-order valence-corrected chi connectivity index (χ3v) is 5.21. The van der Waals surface area contributed by atoms with Gasteiger partial charge in [0.05, 0.1) is 12.1 Å². The van der Waals surface area contributed by atoms with Crippen molar-refractivity contribution >= 4 is 11.8 Å². The van der Waals surface area contributed by atoms with Gasteiger partial charge in [-0.05, 0) is 36.7 Å². The smallest absolute Gasteiger partial charge is 0.242 e.